The number of rotatable bonds is 22. The van der Waals surface area contributed by atoms with E-state index < -0.39 is 24.2 Å². The summed E-state index contributed by atoms with van der Waals surface area (Å²) in [5, 5.41) is 17.2. The molecule has 14 heteroatoms. The predicted octanol–water partition coefficient (Wildman–Crippen LogP) is 2.86. The third-order valence-electron chi connectivity index (χ3n) is 9.64. The molecule has 0 aliphatic rings. The first kappa shape index (κ1) is 41.9. The lowest BCUT2D eigenvalue weighted by Crippen LogP contribution is -2.56. The number of H-pyrrole nitrogens is 2. The summed E-state index contributed by atoms with van der Waals surface area (Å²) in [6.45, 7) is 2.88. The molecule has 0 spiro atoms. The summed E-state index contributed by atoms with van der Waals surface area (Å²) >= 11 is 0. The molecule has 2 heterocycles. The minimum absolute atomic E-state index is 0.159. The molecule has 0 fully saturated rings. The predicted molar refractivity (Wildman–Crippen MR) is 225 cm³/mol. The lowest BCUT2D eigenvalue weighted by atomic mass is 10.0. The number of carbonyl (C=O) groups excluding carboxylic acids is 4. The quantitative estimate of drug-likeness (QED) is 0.0290. The van der Waals surface area contributed by atoms with Gasteiger partial charge in [0.15, 0.2) is 0 Å². The molecule has 0 bridgehead atoms. The third-order valence-corrected chi connectivity index (χ3v) is 9.64. The first-order valence-corrected chi connectivity index (χ1v) is 19.4. The highest BCUT2D eigenvalue weighted by Crippen LogP contribution is 2.21. The Balaban J connectivity index is 1.30. The number of aromatic amines is 2. The number of aliphatic imine (C=N–C) groups is 1. The molecule has 0 aliphatic carbocycles. The van der Waals surface area contributed by atoms with Gasteiger partial charge in [0.05, 0.1) is 12.4 Å². The number of fused-ring (bicyclic) bond motifs is 2. The molecular weight excluding hydrogens is 721 g/mol. The normalized spacial score (nSPS) is 13.7. The van der Waals surface area contributed by atoms with Crippen molar-refractivity contribution in [2.24, 2.45) is 16.5 Å². The first-order valence-electron chi connectivity index (χ1n) is 19.4. The molecule has 0 radical (unpaired) electrons. The number of nitrogens with zero attached hydrogens (tertiary/aromatic N) is 1. The van der Waals surface area contributed by atoms with E-state index in [9.17, 15) is 19.2 Å². The van der Waals surface area contributed by atoms with Crippen LogP contribution in [0.1, 0.15) is 42.9 Å². The second kappa shape index (κ2) is 21.7. The maximum atomic E-state index is 14.2. The van der Waals surface area contributed by atoms with Crippen molar-refractivity contribution >= 4 is 51.8 Å². The fourth-order valence-corrected chi connectivity index (χ4v) is 6.66. The summed E-state index contributed by atoms with van der Waals surface area (Å²) in [6, 6.07) is 22.2. The van der Waals surface area contributed by atoms with Gasteiger partial charge in [-0.2, -0.15) is 0 Å². The molecule has 0 aliphatic heterocycles. The number of allylic oxidation sites excluding steroid dienone is 1. The van der Waals surface area contributed by atoms with Crippen LogP contribution in [-0.2, 0) is 38.4 Å². The number of hydrogen-bond donors (Lipinski definition) is 9. The number of aromatic nitrogens is 2. The van der Waals surface area contributed by atoms with E-state index in [1.807, 2.05) is 98.2 Å². The van der Waals surface area contributed by atoms with Gasteiger partial charge < -0.3 is 48.0 Å². The van der Waals surface area contributed by atoms with Crippen LogP contribution in [0.25, 0.3) is 21.8 Å². The molecular formula is C43H54N10O4. The number of hydrogen-bond acceptors (Lipinski definition) is 7. The highest BCUT2D eigenvalue weighted by molar-refractivity contribution is 5.92. The van der Waals surface area contributed by atoms with Crippen molar-refractivity contribution in [2.45, 2.75) is 69.6 Å². The van der Waals surface area contributed by atoms with Crippen molar-refractivity contribution in [2.75, 3.05) is 19.6 Å². The van der Waals surface area contributed by atoms with Crippen LogP contribution in [-0.4, -0.2) is 83.7 Å². The minimum Gasteiger partial charge on any atom is -0.390 e. The Morgan fingerprint density at radius 2 is 1.33 bits per heavy atom. The van der Waals surface area contributed by atoms with Gasteiger partial charge in [-0.25, -0.2) is 4.99 Å². The van der Waals surface area contributed by atoms with Gasteiger partial charge in [-0.3, -0.25) is 19.2 Å². The van der Waals surface area contributed by atoms with Gasteiger partial charge in [0.25, 0.3) is 0 Å². The number of amides is 4. The fraction of sp³-hybridized carbons (Fsp3) is 0.326. The van der Waals surface area contributed by atoms with Crippen molar-refractivity contribution < 1.29 is 19.2 Å². The maximum absolute atomic E-state index is 14.2. The molecule has 11 N–H and O–H groups in total. The molecule has 0 saturated heterocycles. The lowest BCUT2D eigenvalue weighted by Gasteiger charge is -2.26. The Kier molecular flexibility index (Phi) is 16.0. The SMILES string of the molecule is CC(CN[C@@H](Cc1c[nH]c2ccccc12)C(=O)N[C@H](Cc1ccccc1)C(=O)NCCCN)NC(=O)[C@@H](Cc1c[nH]c2ccccc12)NC(=O)CC/C=C/N=CN. The Morgan fingerprint density at radius 3 is 1.98 bits per heavy atom. The topological polar surface area (TPSA) is 224 Å². The molecule has 3 aromatic carbocycles. The van der Waals surface area contributed by atoms with Crippen molar-refractivity contribution in [3.8, 4) is 0 Å². The number of benzene rings is 3. The van der Waals surface area contributed by atoms with Crippen molar-refractivity contribution in [3.63, 3.8) is 0 Å². The van der Waals surface area contributed by atoms with Gasteiger partial charge >= 0.3 is 0 Å². The van der Waals surface area contributed by atoms with Crippen molar-refractivity contribution in [1.29, 1.82) is 0 Å². The molecule has 14 nitrogen and oxygen atoms in total. The van der Waals surface area contributed by atoms with E-state index in [2.05, 4.69) is 41.5 Å². The Morgan fingerprint density at radius 1 is 0.737 bits per heavy atom. The lowest BCUT2D eigenvalue weighted by molar-refractivity contribution is -0.130. The van der Waals surface area contributed by atoms with Crippen molar-refractivity contribution in [3.05, 3.63) is 120 Å². The molecule has 5 rings (SSSR count). The van der Waals surface area contributed by atoms with Gasteiger partial charge in [-0.15, -0.1) is 0 Å². The number of nitrogens with two attached hydrogens (primary N) is 2. The van der Waals surface area contributed by atoms with E-state index >= 15 is 0 Å². The van der Waals surface area contributed by atoms with Crippen molar-refractivity contribution in [1.82, 2.24) is 36.6 Å². The van der Waals surface area contributed by atoms with Crippen LogP contribution < -0.4 is 38.1 Å². The fourth-order valence-electron chi connectivity index (χ4n) is 6.66. The smallest absolute Gasteiger partial charge is 0.243 e. The maximum Gasteiger partial charge on any atom is 0.243 e. The van der Waals surface area contributed by atoms with E-state index in [0.29, 0.717) is 38.8 Å². The van der Waals surface area contributed by atoms with Crippen LogP contribution in [0.5, 0.6) is 0 Å². The van der Waals surface area contributed by atoms with E-state index in [0.717, 1.165) is 44.8 Å². The standard InChI is InChI=1S/C43H54N10O4/c1-29(51-43(57)39(52-40(54)18-9-10-20-46-28-45)24-32-27-50-36-17-8-6-15-34(32)36)25-48-37(23-31-26-49-35-16-7-5-14-33(31)35)42(56)53-38(41(55)47-21-11-19-44)22-30-12-3-2-4-13-30/h2-8,10,12-17,20,26-29,37-39,48-50H,9,11,18-19,21-25,44H2,1H3,(H2,45,46)(H,47,55)(H,51,57)(H,52,54)(H,53,56)/b20-10+/t29?,37-,38+,39+/m0/s1. The largest absolute Gasteiger partial charge is 0.390 e. The number of carbonyl (C=O) groups is 4. The van der Waals surface area contributed by atoms with Crippen LogP contribution in [0.4, 0.5) is 0 Å². The zero-order chi connectivity index (χ0) is 40.4. The van der Waals surface area contributed by atoms with E-state index in [1.165, 1.54) is 6.20 Å². The first-order chi connectivity index (χ1) is 27.7. The average Bonchev–Trinajstić information content (AvgIpc) is 3.83. The van der Waals surface area contributed by atoms with Crippen LogP contribution in [0.15, 0.2) is 109 Å². The van der Waals surface area contributed by atoms with Gasteiger partial charge in [-0.05, 0) is 61.6 Å². The van der Waals surface area contributed by atoms with Crippen LogP contribution in [0.2, 0.25) is 0 Å². The second-order valence-electron chi connectivity index (χ2n) is 14.0. The highest BCUT2D eigenvalue weighted by atomic mass is 16.2. The second-order valence-corrected chi connectivity index (χ2v) is 14.0. The van der Waals surface area contributed by atoms with Gasteiger partial charge in [0.1, 0.15) is 12.1 Å². The zero-order valence-electron chi connectivity index (χ0n) is 32.3. The number of nitrogens with one attached hydrogen (secondary N) is 7. The minimum atomic E-state index is -0.868. The zero-order valence-corrected chi connectivity index (χ0v) is 32.3. The molecule has 0 saturated carbocycles. The molecule has 57 heavy (non-hydrogen) atoms. The number of para-hydroxylation sites is 2. The monoisotopic (exact) mass is 774 g/mol. The summed E-state index contributed by atoms with van der Waals surface area (Å²) in [4.78, 5) is 64.9. The van der Waals surface area contributed by atoms with E-state index in [-0.39, 0.29) is 43.0 Å². The molecule has 5 aromatic rings. The summed E-state index contributed by atoms with van der Waals surface area (Å²) < 4.78 is 0. The molecule has 4 amide bonds. The van der Waals surface area contributed by atoms with E-state index in [4.69, 9.17) is 11.5 Å². The van der Waals surface area contributed by atoms with Gasteiger partial charge in [-0.1, -0.05) is 72.8 Å². The Labute approximate surface area is 332 Å². The Hall–Kier alpha value is -6.25. The van der Waals surface area contributed by atoms with Crippen LogP contribution in [0, 0.1) is 0 Å². The summed E-state index contributed by atoms with van der Waals surface area (Å²) in [7, 11) is 0. The highest BCUT2D eigenvalue weighted by Gasteiger charge is 2.28. The van der Waals surface area contributed by atoms with Crippen LogP contribution >= 0.6 is 0 Å². The molecule has 2 aromatic heterocycles. The van der Waals surface area contributed by atoms with Gasteiger partial charge in [0.2, 0.25) is 23.6 Å². The third kappa shape index (κ3) is 12.6. The average molecular weight is 775 g/mol. The molecule has 1 unspecified atom stereocenters. The Bertz CT molecular complexity index is 2130. The van der Waals surface area contributed by atoms with Gasteiger partial charge in [0, 0.05) is 78.8 Å². The van der Waals surface area contributed by atoms with Crippen LogP contribution in [0.3, 0.4) is 0 Å². The summed E-state index contributed by atoms with van der Waals surface area (Å²) in [5.41, 5.74) is 15.5. The summed E-state index contributed by atoms with van der Waals surface area (Å²) in [5.74, 6) is -1.30. The molecule has 300 valence electrons. The van der Waals surface area contributed by atoms with E-state index in [1.54, 1.807) is 6.08 Å². The molecule has 4 atom stereocenters. The summed E-state index contributed by atoms with van der Waals surface area (Å²) in [6.07, 6.45) is 10.2.